The smallest absolute Gasteiger partial charge is 0.407 e. The minimum Gasteiger partial charge on any atom is -0.447 e. The van der Waals surface area contributed by atoms with Gasteiger partial charge in [-0.25, -0.2) is 14.8 Å². The highest BCUT2D eigenvalue weighted by atomic mass is 35.5. The Kier molecular flexibility index (Phi) is 9.68. The third kappa shape index (κ3) is 6.80. The molecule has 236 valence electrons. The third-order valence-corrected chi connectivity index (χ3v) is 9.06. The van der Waals surface area contributed by atoms with E-state index in [1.165, 1.54) is 16.1 Å². The molecule has 0 spiro atoms. The monoisotopic (exact) mass is 647 g/mol. The molecule has 1 saturated carbocycles. The molecule has 3 aliphatic rings. The lowest BCUT2D eigenvalue weighted by atomic mass is 9.99. The first-order chi connectivity index (χ1) is 21.0. The molecule has 44 heavy (non-hydrogen) atoms. The van der Waals surface area contributed by atoms with Gasteiger partial charge in [-0.3, -0.25) is 19.6 Å². The van der Waals surface area contributed by atoms with Crippen LogP contribution in [0.15, 0.2) is 53.7 Å². The molecule has 2 aromatic rings. The maximum Gasteiger partial charge on any atom is 0.407 e. The zero-order valence-electron chi connectivity index (χ0n) is 24.7. The number of guanidine groups is 1. The predicted octanol–water partition coefficient (Wildman–Crippen LogP) is 4.77. The van der Waals surface area contributed by atoms with Gasteiger partial charge < -0.3 is 15.8 Å². The number of nitrogens with zero attached hydrogens (tertiary/aromatic N) is 5. The molecular formula is C30H36ClF2N7O3S. The van der Waals surface area contributed by atoms with Gasteiger partial charge >= 0.3 is 12.6 Å². The molecule has 0 radical (unpaired) electrons. The second-order valence-corrected chi connectivity index (χ2v) is 12.0. The molecule has 2 heterocycles. The Balaban J connectivity index is 1.40. The van der Waals surface area contributed by atoms with E-state index in [1.807, 2.05) is 24.9 Å². The van der Waals surface area contributed by atoms with E-state index < -0.39 is 24.7 Å². The van der Waals surface area contributed by atoms with Crippen molar-refractivity contribution >= 4 is 47.8 Å². The van der Waals surface area contributed by atoms with Gasteiger partial charge in [0.25, 0.3) is 5.91 Å². The highest BCUT2D eigenvalue weighted by Crippen LogP contribution is 2.37. The fourth-order valence-corrected chi connectivity index (χ4v) is 5.86. The zero-order valence-corrected chi connectivity index (χ0v) is 26.3. The molecule has 1 fully saturated rings. The molecule has 1 aliphatic carbocycles. The van der Waals surface area contributed by atoms with Gasteiger partial charge in [0.1, 0.15) is 6.61 Å². The summed E-state index contributed by atoms with van der Waals surface area (Å²) < 4.78 is 32.1. The van der Waals surface area contributed by atoms with E-state index in [2.05, 4.69) is 10.3 Å². The lowest BCUT2D eigenvalue weighted by molar-refractivity contribution is -0.129. The number of ether oxygens (including phenoxy) is 1. The maximum atomic E-state index is 13.9. The zero-order chi connectivity index (χ0) is 31.7. The number of rotatable bonds is 11. The van der Waals surface area contributed by atoms with Gasteiger partial charge in [0.15, 0.2) is 12.0 Å². The maximum absolute atomic E-state index is 13.9. The molecule has 2 amide bonds. The molecule has 14 heteroatoms. The highest BCUT2D eigenvalue weighted by molar-refractivity contribution is 7.80. The van der Waals surface area contributed by atoms with E-state index in [0.717, 1.165) is 41.1 Å². The van der Waals surface area contributed by atoms with Crippen molar-refractivity contribution in [1.82, 2.24) is 25.1 Å². The standard InChI is InChI=1S/C30H36ClF2N7O3S/c1-4-37(2)27(44)22-13-19(9-12-23(22)31)24(16-43-30(42)35-21-10-11-21)40-26(41)25(36-29(40)34)18-7-5-17(6-8-18)20-14-38(3)39(15-20)28(32)33/h5-9,12-13,15,21,24-25,27-28,44H,4,10-11,14,16H2,1-3H3,(H2,34,36)(H,35,42)/t24-,25-,27?/m1/s1. The van der Waals surface area contributed by atoms with E-state index in [0.29, 0.717) is 22.7 Å². The number of nitrogens with one attached hydrogen (secondary N) is 1. The quantitative estimate of drug-likeness (QED) is 0.183. The van der Waals surface area contributed by atoms with E-state index in [1.54, 1.807) is 43.4 Å². The summed E-state index contributed by atoms with van der Waals surface area (Å²) in [5, 5.41) is 5.29. The molecule has 3 N–H and O–H groups in total. The fourth-order valence-electron chi connectivity index (χ4n) is 5.19. The van der Waals surface area contributed by atoms with Crippen molar-refractivity contribution < 1.29 is 23.1 Å². The summed E-state index contributed by atoms with van der Waals surface area (Å²) in [6.45, 7) is 0.244. The average molecular weight is 648 g/mol. The second-order valence-electron chi connectivity index (χ2n) is 11.1. The first kappa shape index (κ1) is 32.0. The van der Waals surface area contributed by atoms with Crippen LogP contribution in [0.1, 0.15) is 59.5 Å². The van der Waals surface area contributed by atoms with Crippen molar-refractivity contribution in [2.75, 3.05) is 33.8 Å². The number of alkyl carbamates (subject to hydrolysis) is 1. The number of thiol groups is 1. The number of aliphatic imine (C=N–C) groups is 1. The van der Waals surface area contributed by atoms with Crippen LogP contribution in [0.3, 0.4) is 0 Å². The molecule has 0 saturated heterocycles. The van der Waals surface area contributed by atoms with Gasteiger partial charge in [-0.2, -0.15) is 21.4 Å². The summed E-state index contributed by atoms with van der Waals surface area (Å²) in [6, 6.07) is 10.8. The van der Waals surface area contributed by atoms with Gasteiger partial charge in [-0.15, -0.1) is 0 Å². The van der Waals surface area contributed by atoms with Crippen molar-refractivity contribution in [2.45, 2.75) is 49.8 Å². The summed E-state index contributed by atoms with van der Waals surface area (Å²) in [7, 11) is 3.51. The van der Waals surface area contributed by atoms with E-state index in [4.69, 9.17) is 34.7 Å². The van der Waals surface area contributed by atoms with Gasteiger partial charge in [-0.1, -0.05) is 48.9 Å². The summed E-state index contributed by atoms with van der Waals surface area (Å²) in [5.74, 6) is -0.405. The number of nitrogens with two attached hydrogens (primary N) is 1. The minimum atomic E-state index is -2.64. The molecule has 2 aliphatic heterocycles. The van der Waals surface area contributed by atoms with E-state index >= 15 is 0 Å². The van der Waals surface area contributed by atoms with Crippen molar-refractivity contribution in [2.24, 2.45) is 10.7 Å². The van der Waals surface area contributed by atoms with Crippen molar-refractivity contribution in [1.29, 1.82) is 0 Å². The summed E-state index contributed by atoms with van der Waals surface area (Å²) in [6.07, 6.45) is 2.64. The van der Waals surface area contributed by atoms with Crippen LogP contribution >= 0.6 is 24.2 Å². The van der Waals surface area contributed by atoms with Crippen molar-refractivity contribution in [3.8, 4) is 0 Å². The predicted molar refractivity (Wildman–Crippen MR) is 168 cm³/mol. The van der Waals surface area contributed by atoms with Crippen LogP contribution in [-0.2, 0) is 9.53 Å². The topological polar surface area (TPSA) is 107 Å². The van der Waals surface area contributed by atoms with Crippen LogP contribution in [0.4, 0.5) is 13.6 Å². The Hall–Kier alpha value is -3.39. The van der Waals surface area contributed by atoms with Gasteiger partial charge in [-0.05, 0) is 66.4 Å². The number of likely N-dealkylation sites (N-methyl/N-ethyl adjacent to an activating group) is 1. The number of benzene rings is 2. The van der Waals surface area contributed by atoms with Gasteiger partial charge in [0.2, 0.25) is 0 Å². The van der Waals surface area contributed by atoms with Gasteiger partial charge in [0, 0.05) is 30.9 Å². The van der Waals surface area contributed by atoms with Crippen molar-refractivity contribution in [3.05, 3.63) is 75.9 Å². The van der Waals surface area contributed by atoms with Crippen LogP contribution in [0.5, 0.6) is 0 Å². The lowest BCUT2D eigenvalue weighted by Crippen LogP contribution is -2.43. The number of halogens is 3. The highest BCUT2D eigenvalue weighted by Gasteiger charge is 2.40. The molecule has 1 unspecified atom stereocenters. The Morgan fingerprint density at radius 2 is 1.95 bits per heavy atom. The molecule has 0 aromatic heterocycles. The number of hydrogen-bond donors (Lipinski definition) is 3. The number of alkyl halides is 2. The molecule has 10 nitrogen and oxygen atoms in total. The largest absolute Gasteiger partial charge is 0.447 e. The van der Waals surface area contributed by atoms with E-state index in [-0.39, 0.29) is 29.9 Å². The summed E-state index contributed by atoms with van der Waals surface area (Å²) >= 11 is 11.3. The fraction of sp³-hybridized carbons (Fsp3) is 0.433. The molecule has 3 atom stereocenters. The second kappa shape index (κ2) is 13.3. The number of amides is 2. The first-order valence-corrected chi connectivity index (χ1v) is 15.2. The minimum absolute atomic E-state index is 0.0161. The van der Waals surface area contributed by atoms with Crippen LogP contribution < -0.4 is 11.1 Å². The van der Waals surface area contributed by atoms with Crippen LogP contribution in [0.2, 0.25) is 5.02 Å². The number of hydrogen-bond acceptors (Lipinski definition) is 9. The molecule has 5 rings (SSSR count). The summed E-state index contributed by atoms with van der Waals surface area (Å²) in [4.78, 5) is 34.2. The summed E-state index contributed by atoms with van der Waals surface area (Å²) in [5.41, 5.74) is 9.82. The molecule has 0 bridgehead atoms. The Labute approximate surface area is 265 Å². The Bertz CT molecular complexity index is 1460. The van der Waals surface area contributed by atoms with Crippen LogP contribution in [0.25, 0.3) is 5.57 Å². The normalized spacial score (nSPS) is 20.3. The van der Waals surface area contributed by atoms with Crippen LogP contribution in [-0.4, -0.2) is 84.2 Å². The first-order valence-electron chi connectivity index (χ1n) is 14.3. The number of hydrazine groups is 1. The van der Waals surface area contributed by atoms with Gasteiger partial charge in [0.05, 0.1) is 11.4 Å². The SMILES string of the molecule is CCN(C)C(S)c1cc([C@@H](COC(=O)NC2CC2)N2C(=O)[C@@H](c3ccc(C4=CN(C(F)F)N(C)C4)cc3)N=C2N)ccc1Cl. The molecular weight excluding hydrogens is 612 g/mol. The average Bonchev–Trinajstić information content (AvgIpc) is 3.65. The molecule has 2 aromatic carbocycles. The van der Waals surface area contributed by atoms with Crippen molar-refractivity contribution in [3.63, 3.8) is 0 Å². The third-order valence-electron chi connectivity index (χ3n) is 8.04. The Morgan fingerprint density at radius 1 is 1.25 bits per heavy atom. The van der Waals surface area contributed by atoms with E-state index in [9.17, 15) is 18.4 Å². The number of carbonyl (C=O) groups is 2. The number of carbonyl (C=O) groups excluding carboxylic acids is 2. The Morgan fingerprint density at radius 3 is 2.57 bits per heavy atom. The van der Waals surface area contributed by atoms with Crippen LogP contribution in [0, 0.1) is 0 Å². The lowest BCUT2D eigenvalue weighted by Gasteiger charge is -2.30.